The standard InChI is InChI=1S/C25H22N4O.C16H15N3/c1-18-12-13-22-21(14-18)25(20-10-6-3-7-11-20)26-15-23-27-28-24(29(22)23)17-30-16-19-8-4-2-5-9-19;1-11-7-8-14-13(9-11)16(18-10-15(17)19-14)12-5-3-2-4-6-12/h2-14H,15-17H2,1H3;2-9H,10H2,1H3,(H2,17,19). The van der Waals surface area contributed by atoms with Gasteiger partial charge in [0, 0.05) is 22.3 Å². The molecule has 2 N–H and O–H groups in total. The summed E-state index contributed by atoms with van der Waals surface area (Å²) in [6.45, 7) is 6.01. The smallest absolute Gasteiger partial charge is 0.163 e. The van der Waals surface area contributed by atoms with Gasteiger partial charge < -0.3 is 10.5 Å². The molecule has 8 heteroatoms. The first kappa shape index (κ1) is 31.6. The van der Waals surface area contributed by atoms with E-state index in [-0.39, 0.29) is 0 Å². The van der Waals surface area contributed by atoms with E-state index in [1.54, 1.807) is 0 Å². The molecular formula is C41H37N7O. The van der Waals surface area contributed by atoms with Crippen LogP contribution in [0.2, 0.25) is 0 Å². The molecule has 0 radical (unpaired) electrons. The fourth-order valence-electron chi connectivity index (χ4n) is 5.99. The third kappa shape index (κ3) is 7.15. The second-order valence-electron chi connectivity index (χ2n) is 12.1. The summed E-state index contributed by atoms with van der Waals surface area (Å²) in [5, 5.41) is 8.83. The number of aryl methyl sites for hydroxylation is 2. The molecule has 0 aliphatic carbocycles. The molecule has 242 valence electrons. The summed E-state index contributed by atoms with van der Waals surface area (Å²) in [6, 6.07) is 43.2. The fraction of sp³-hybridized carbons (Fsp3) is 0.146. The van der Waals surface area contributed by atoms with Crippen LogP contribution < -0.4 is 5.73 Å². The summed E-state index contributed by atoms with van der Waals surface area (Å²) in [7, 11) is 0. The third-order valence-corrected chi connectivity index (χ3v) is 8.33. The van der Waals surface area contributed by atoms with Gasteiger partial charge in [0.1, 0.15) is 19.0 Å². The molecule has 3 heterocycles. The second-order valence-corrected chi connectivity index (χ2v) is 12.1. The SMILES string of the molecule is Cc1ccc2c(c1)C(c1ccccc1)=NCC(N)=N2.Cc1ccc2c(c1)C(c1ccccc1)=NCc1nnc(COCc3ccccc3)n1-2. The van der Waals surface area contributed by atoms with Gasteiger partial charge in [-0.2, -0.15) is 0 Å². The molecular weight excluding hydrogens is 606 g/mol. The summed E-state index contributed by atoms with van der Waals surface area (Å²) in [5.74, 6) is 2.16. The van der Waals surface area contributed by atoms with Gasteiger partial charge in [-0.25, -0.2) is 4.99 Å². The van der Waals surface area contributed by atoms with Gasteiger partial charge in [0.05, 0.1) is 35.9 Å². The van der Waals surface area contributed by atoms with Gasteiger partial charge in [0.2, 0.25) is 0 Å². The Balaban J connectivity index is 0.000000171. The molecule has 0 unspecified atom stereocenters. The van der Waals surface area contributed by atoms with Crippen molar-refractivity contribution in [1.82, 2.24) is 14.8 Å². The van der Waals surface area contributed by atoms with Crippen LogP contribution in [0.5, 0.6) is 0 Å². The van der Waals surface area contributed by atoms with Gasteiger partial charge in [-0.05, 0) is 43.7 Å². The molecule has 1 aromatic heterocycles. The van der Waals surface area contributed by atoms with Crippen molar-refractivity contribution in [2.75, 3.05) is 6.54 Å². The summed E-state index contributed by atoms with van der Waals surface area (Å²) in [5.41, 5.74) is 17.6. The lowest BCUT2D eigenvalue weighted by atomic mass is 9.98. The highest BCUT2D eigenvalue weighted by Crippen LogP contribution is 2.28. The number of rotatable bonds is 6. The zero-order chi connectivity index (χ0) is 33.6. The summed E-state index contributed by atoms with van der Waals surface area (Å²) >= 11 is 0. The molecule has 5 aromatic carbocycles. The predicted molar refractivity (Wildman–Crippen MR) is 196 cm³/mol. The van der Waals surface area contributed by atoms with E-state index in [4.69, 9.17) is 15.5 Å². The molecule has 0 saturated heterocycles. The highest BCUT2D eigenvalue weighted by atomic mass is 16.5. The maximum Gasteiger partial charge on any atom is 0.163 e. The van der Waals surface area contributed by atoms with Crippen molar-refractivity contribution in [3.8, 4) is 5.69 Å². The van der Waals surface area contributed by atoms with E-state index >= 15 is 0 Å². The Morgan fingerprint density at radius 1 is 0.633 bits per heavy atom. The molecule has 0 saturated carbocycles. The van der Waals surface area contributed by atoms with Crippen molar-refractivity contribution in [2.24, 2.45) is 20.7 Å². The van der Waals surface area contributed by atoms with Crippen LogP contribution in [0.3, 0.4) is 0 Å². The molecule has 6 aromatic rings. The van der Waals surface area contributed by atoms with Crippen LogP contribution in [0.15, 0.2) is 142 Å². The van der Waals surface area contributed by atoms with Crippen molar-refractivity contribution in [2.45, 2.75) is 33.6 Å². The number of nitrogens with two attached hydrogens (primary N) is 1. The number of nitrogens with zero attached hydrogens (tertiary/aromatic N) is 6. The first-order valence-corrected chi connectivity index (χ1v) is 16.3. The molecule has 0 spiro atoms. The minimum Gasteiger partial charge on any atom is -0.386 e. The Bertz CT molecular complexity index is 2170. The van der Waals surface area contributed by atoms with Gasteiger partial charge in [0.25, 0.3) is 0 Å². The number of hydrogen-bond donors (Lipinski definition) is 1. The Labute approximate surface area is 286 Å². The largest absolute Gasteiger partial charge is 0.386 e. The van der Waals surface area contributed by atoms with Crippen LogP contribution in [0.1, 0.15) is 50.6 Å². The van der Waals surface area contributed by atoms with Gasteiger partial charge in [-0.15, -0.1) is 10.2 Å². The predicted octanol–water partition coefficient (Wildman–Crippen LogP) is 7.48. The van der Waals surface area contributed by atoms with Gasteiger partial charge in [-0.1, -0.05) is 114 Å². The van der Waals surface area contributed by atoms with E-state index in [1.807, 2.05) is 66.7 Å². The van der Waals surface area contributed by atoms with E-state index in [0.29, 0.717) is 32.1 Å². The molecule has 0 bridgehead atoms. The maximum absolute atomic E-state index is 5.96. The average Bonchev–Trinajstić information content (AvgIpc) is 3.35. The number of hydrogen-bond acceptors (Lipinski definition) is 7. The molecule has 49 heavy (non-hydrogen) atoms. The lowest BCUT2D eigenvalue weighted by Crippen LogP contribution is -2.14. The number of aromatic nitrogens is 3. The van der Waals surface area contributed by atoms with Gasteiger partial charge in [-0.3, -0.25) is 14.6 Å². The lowest BCUT2D eigenvalue weighted by Gasteiger charge is -2.14. The molecule has 0 atom stereocenters. The fourth-order valence-corrected chi connectivity index (χ4v) is 5.99. The van der Waals surface area contributed by atoms with Crippen LogP contribution in [-0.2, 0) is 24.5 Å². The number of fused-ring (bicyclic) bond motifs is 4. The van der Waals surface area contributed by atoms with E-state index in [2.05, 4.69) is 99.3 Å². The van der Waals surface area contributed by atoms with E-state index < -0.39 is 0 Å². The maximum atomic E-state index is 5.96. The Kier molecular flexibility index (Phi) is 9.30. The van der Waals surface area contributed by atoms with Crippen molar-refractivity contribution in [1.29, 1.82) is 0 Å². The minimum atomic E-state index is 0.385. The summed E-state index contributed by atoms with van der Waals surface area (Å²) in [6.07, 6.45) is 0. The van der Waals surface area contributed by atoms with Crippen LogP contribution >= 0.6 is 0 Å². The highest BCUT2D eigenvalue weighted by molar-refractivity contribution is 6.17. The summed E-state index contributed by atoms with van der Waals surface area (Å²) in [4.78, 5) is 14.0. The van der Waals surface area contributed by atoms with Crippen molar-refractivity contribution in [3.63, 3.8) is 0 Å². The Morgan fingerprint density at radius 2 is 1.22 bits per heavy atom. The van der Waals surface area contributed by atoms with Gasteiger partial charge >= 0.3 is 0 Å². The van der Waals surface area contributed by atoms with Gasteiger partial charge in [0.15, 0.2) is 11.6 Å². The molecule has 8 nitrogen and oxygen atoms in total. The number of benzene rings is 5. The van der Waals surface area contributed by atoms with Crippen LogP contribution in [0, 0.1) is 13.8 Å². The van der Waals surface area contributed by atoms with Crippen LogP contribution in [0.25, 0.3) is 5.69 Å². The van der Waals surface area contributed by atoms with Crippen molar-refractivity contribution >= 4 is 22.9 Å². The normalized spacial score (nSPS) is 13.2. The zero-order valence-electron chi connectivity index (χ0n) is 27.6. The molecule has 8 rings (SSSR count). The Hall–Kier alpha value is -5.99. The number of ether oxygens (including phenoxy) is 1. The third-order valence-electron chi connectivity index (χ3n) is 8.33. The molecule has 2 aliphatic heterocycles. The van der Waals surface area contributed by atoms with Crippen LogP contribution in [-0.4, -0.2) is 38.6 Å². The molecule has 0 fully saturated rings. The first-order chi connectivity index (χ1) is 24.0. The topological polar surface area (TPSA) is 103 Å². The first-order valence-electron chi connectivity index (χ1n) is 16.3. The van der Waals surface area contributed by atoms with E-state index in [9.17, 15) is 0 Å². The number of aliphatic imine (C=N–C) groups is 3. The zero-order valence-corrected chi connectivity index (χ0v) is 27.6. The van der Waals surface area contributed by atoms with Crippen molar-refractivity contribution < 1.29 is 4.74 Å². The molecule has 2 aliphatic rings. The Morgan fingerprint density at radius 3 is 1.92 bits per heavy atom. The van der Waals surface area contributed by atoms with E-state index in [0.717, 1.165) is 62.3 Å². The highest BCUT2D eigenvalue weighted by Gasteiger charge is 2.23. The van der Waals surface area contributed by atoms with E-state index in [1.165, 1.54) is 11.1 Å². The molecule has 0 amide bonds. The monoisotopic (exact) mass is 643 g/mol. The second kappa shape index (κ2) is 14.4. The van der Waals surface area contributed by atoms with Crippen molar-refractivity contribution in [3.05, 3.63) is 178 Å². The minimum absolute atomic E-state index is 0.385. The van der Waals surface area contributed by atoms with Crippen LogP contribution in [0.4, 0.5) is 5.69 Å². The average molecular weight is 644 g/mol. The lowest BCUT2D eigenvalue weighted by molar-refractivity contribution is 0.100. The quantitative estimate of drug-likeness (QED) is 0.203. The number of amidine groups is 1. The summed E-state index contributed by atoms with van der Waals surface area (Å²) < 4.78 is 8.06.